The van der Waals surface area contributed by atoms with Crippen molar-refractivity contribution in [3.63, 3.8) is 0 Å². The van der Waals surface area contributed by atoms with E-state index < -0.39 is 24.5 Å². The third-order valence-corrected chi connectivity index (χ3v) is 3.84. The average molecular weight is 339 g/mol. The number of alkyl halides is 2. The standard InChI is InChI=1S/C13H14Cl2F2N2O2/c14-8-2-1-7(5-9(8)15)11-10(6-18-3-4-21-11)19-13(20)12(16)17/h1-2,5,10-12,18H,3-4,6H2,(H,19,20)/t10-,11+/m1/s1. The van der Waals surface area contributed by atoms with Gasteiger partial charge in [-0.2, -0.15) is 8.78 Å². The molecule has 0 bridgehead atoms. The first-order valence-electron chi connectivity index (χ1n) is 6.35. The van der Waals surface area contributed by atoms with Crippen LogP contribution in [0.25, 0.3) is 0 Å². The number of nitrogens with one attached hydrogen (secondary N) is 2. The van der Waals surface area contributed by atoms with Crippen LogP contribution in [0.3, 0.4) is 0 Å². The fourth-order valence-corrected chi connectivity index (χ4v) is 2.44. The molecule has 1 fully saturated rings. The topological polar surface area (TPSA) is 50.4 Å². The van der Waals surface area contributed by atoms with E-state index in [2.05, 4.69) is 10.6 Å². The molecule has 21 heavy (non-hydrogen) atoms. The summed E-state index contributed by atoms with van der Waals surface area (Å²) in [5.41, 5.74) is 0.674. The molecule has 0 aliphatic carbocycles. The fraction of sp³-hybridized carbons (Fsp3) is 0.462. The van der Waals surface area contributed by atoms with Crippen LogP contribution in [0.1, 0.15) is 11.7 Å². The molecular formula is C13H14Cl2F2N2O2. The minimum absolute atomic E-state index is 0.323. The Hall–Kier alpha value is -0.950. The highest BCUT2D eigenvalue weighted by atomic mass is 35.5. The van der Waals surface area contributed by atoms with Crippen molar-refractivity contribution in [2.24, 2.45) is 0 Å². The first-order valence-corrected chi connectivity index (χ1v) is 7.10. The molecule has 1 heterocycles. The molecule has 0 radical (unpaired) electrons. The molecule has 1 aliphatic heterocycles. The summed E-state index contributed by atoms with van der Waals surface area (Å²) in [6.45, 7) is 1.29. The van der Waals surface area contributed by atoms with Gasteiger partial charge in [0.15, 0.2) is 0 Å². The lowest BCUT2D eigenvalue weighted by atomic mass is 10.0. The van der Waals surface area contributed by atoms with Gasteiger partial charge in [-0.05, 0) is 17.7 Å². The summed E-state index contributed by atoms with van der Waals surface area (Å²) < 4.78 is 30.5. The van der Waals surface area contributed by atoms with Crippen molar-refractivity contribution in [2.75, 3.05) is 19.7 Å². The molecule has 0 spiro atoms. The van der Waals surface area contributed by atoms with Crippen LogP contribution in [0.15, 0.2) is 18.2 Å². The second-order valence-corrected chi connectivity index (χ2v) is 5.40. The zero-order chi connectivity index (χ0) is 15.4. The summed E-state index contributed by atoms with van der Waals surface area (Å²) in [4.78, 5) is 11.2. The Morgan fingerprint density at radius 2 is 2.14 bits per heavy atom. The minimum atomic E-state index is -3.07. The molecule has 2 atom stereocenters. The van der Waals surface area contributed by atoms with E-state index in [-0.39, 0.29) is 0 Å². The number of rotatable bonds is 3. The molecule has 0 aromatic heterocycles. The normalized spacial score (nSPS) is 22.9. The van der Waals surface area contributed by atoms with E-state index in [1.807, 2.05) is 0 Å². The van der Waals surface area contributed by atoms with E-state index in [0.29, 0.717) is 35.3 Å². The van der Waals surface area contributed by atoms with Crippen molar-refractivity contribution >= 4 is 29.1 Å². The third-order valence-electron chi connectivity index (χ3n) is 3.10. The number of ether oxygens (including phenoxy) is 1. The molecule has 0 unspecified atom stereocenters. The number of halogens is 4. The lowest BCUT2D eigenvalue weighted by Crippen LogP contribution is -2.46. The van der Waals surface area contributed by atoms with Crippen molar-refractivity contribution < 1.29 is 18.3 Å². The van der Waals surface area contributed by atoms with Crippen molar-refractivity contribution in [1.29, 1.82) is 0 Å². The molecule has 1 aromatic rings. The number of benzene rings is 1. The first kappa shape index (κ1) is 16.4. The highest BCUT2D eigenvalue weighted by Gasteiger charge is 2.30. The molecule has 116 valence electrons. The summed E-state index contributed by atoms with van der Waals surface area (Å²) in [5.74, 6) is -1.32. The fourth-order valence-electron chi connectivity index (χ4n) is 2.13. The van der Waals surface area contributed by atoms with Gasteiger partial charge in [-0.15, -0.1) is 0 Å². The summed E-state index contributed by atoms with van der Waals surface area (Å²) >= 11 is 11.8. The van der Waals surface area contributed by atoms with Crippen LogP contribution in [0.2, 0.25) is 10.0 Å². The zero-order valence-corrected chi connectivity index (χ0v) is 12.4. The van der Waals surface area contributed by atoms with E-state index in [4.69, 9.17) is 27.9 Å². The average Bonchev–Trinajstić information content (AvgIpc) is 2.67. The molecule has 1 saturated heterocycles. The van der Waals surface area contributed by atoms with E-state index in [0.717, 1.165) is 0 Å². The SMILES string of the molecule is O=C(N[C@@H]1CNCCO[C@H]1c1ccc(Cl)c(Cl)c1)C(F)F. The van der Waals surface area contributed by atoms with Crippen LogP contribution >= 0.6 is 23.2 Å². The molecule has 8 heteroatoms. The molecule has 1 aromatic carbocycles. The molecule has 0 saturated carbocycles. The van der Waals surface area contributed by atoms with Gasteiger partial charge < -0.3 is 15.4 Å². The van der Waals surface area contributed by atoms with Gasteiger partial charge in [-0.25, -0.2) is 0 Å². The Bertz CT molecular complexity index is 517. The Labute approximate surface area is 130 Å². The van der Waals surface area contributed by atoms with Crippen LogP contribution < -0.4 is 10.6 Å². The Morgan fingerprint density at radius 1 is 1.38 bits per heavy atom. The maximum Gasteiger partial charge on any atom is 0.315 e. The predicted octanol–water partition coefficient (Wildman–Crippen LogP) is 2.40. The number of amides is 1. The van der Waals surface area contributed by atoms with Gasteiger partial charge in [0.1, 0.15) is 6.10 Å². The monoisotopic (exact) mass is 338 g/mol. The second-order valence-electron chi connectivity index (χ2n) is 4.58. The van der Waals surface area contributed by atoms with Crippen molar-refractivity contribution in [2.45, 2.75) is 18.6 Å². The molecule has 1 aliphatic rings. The second kappa shape index (κ2) is 7.35. The van der Waals surface area contributed by atoms with E-state index in [9.17, 15) is 13.6 Å². The third kappa shape index (κ3) is 4.26. The van der Waals surface area contributed by atoms with Crippen LogP contribution in [0.5, 0.6) is 0 Å². The van der Waals surface area contributed by atoms with Gasteiger partial charge in [0.25, 0.3) is 5.91 Å². The van der Waals surface area contributed by atoms with Gasteiger partial charge in [0, 0.05) is 13.1 Å². The van der Waals surface area contributed by atoms with Gasteiger partial charge in [-0.1, -0.05) is 29.3 Å². The lowest BCUT2D eigenvalue weighted by Gasteiger charge is -2.26. The highest BCUT2D eigenvalue weighted by molar-refractivity contribution is 6.42. The first-order chi connectivity index (χ1) is 9.99. The summed E-state index contributed by atoms with van der Waals surface area (Å²) in [6.07, 6.45) is -3.64. The zero-order valence-electron chi connectivity index (χ0n) is 10.9. The van der Waals surface area contributed by atoms with Crippen LogP contribution in [0.4, 0.5) is 8.78 Å². The van der Waals surface area contributed by atoms with E-state index in [1.54, 1.807) is 18.2 Å². The van der Waals surface area contributed by atoms with E-state index in [1.165, 1.54) is 0 Å². The molecular weight excluding hydrogens is 325 g/mol. The molecule has 1 amide bonds. The molecule has 2 N–H and O–H groups in total. The number of carbonyl (C=O) groups excluding carboxylic acids is 1. The molecule has 2 rings (SSSR count). The maximum atomic E-state index is 12.4. The van der Waals surface area contributed by atoms with Crippen LogP contribution in [-0.4, -0.2) is 38.1 Å². The number of hydrogen-bond donors (Lipinski definition) is 2. The summed E-state index contributed by atoms with van der Waals surface area (Å²) in [6, 6.07) is 4.30. The minimum Gasteiger partial charge on any atom is -0.370 e. The van der Waals surface area contributed by atoms with Gasteiger partial charge in [0.2, 0.25) is 0 Å². The summed E-state index contributed by atoms with van der Waals surface area (Å²) in [7, 11) is 0. The highest BCUT2D eigenvalue weighted by Crippen LogP contribution is 2.29. The van der Waals surface area contributed by atoms with Gasteiger partial charge >= 0.3 is 6.43 Å². The Kier molecular flexibility index (Phi) is 5.75. The predicted molar refractivity (Wildman–Crippen MR) is 76.0 cm³/mol. The summed E-state index contributed by atoms with van der Waals surface area (Å²) in [5, 5.41) is 6.04. The Morgan fingerprint density at radius 3 is 2.81 bits per heavy atom. The van der Waals surface area contributed by atoms with Crippen molar-refractivity contribution in [1.82, 2.24) is 10.6 Å². The van der Waals surface area contributed by atoms with E-state index >= 15 is 0 Å². The largest absolute Gasteiger partial charge is 0.370 e. The van der Waals surface area contributed by atoms with Crippen LogP contribution in [-0.2, 0) is 9.53 Å². The van der Waals surface area contributed by atoms with Crippen LogP contribution in [0, 0.1) is 0 Å². The van der Waals surface area contributed by atoms with Gasteiger partial charge in [-0.3, -0.25) is 4.79 Å². The number of carbonyl (C=O) groups is 1. The maximum absolute atomic E-state index is 12.4. The van der Waals surface area contributed by atoms with Crippen molar-refractivity contribution in [3.05, 3.63) is 33.8 Å². The molecule has 4 nitrogen and oxygen atoms in total. The Balaban J connectivity index is 2.22. The lowest BCUT2D eigenvalue weighted by molar-refractivity contribution is -0.133. The smallest absolute Gasteiger partial charge is 0.315 e. The quantitative estimate of drug-likeness (QED) is 0.889. The number of hydrogen-bond acceptors (Lipinski definition) is 3. The van der Waals surface area contributed by atoms with Gasteiger partial charge in [0.05, 0.1) is 22.7 Å². The van der Waals surface area contributed by atoms with Crippen molar-refractivity contribution in [3.8, 4) is 0 Å².